The van der Waals surface area contributed by atoms with E-state index in [4.69, 9.17) is 4.74 Å². The summed E-state index contributed by atoms with van der Waals surface area (Å²) in [4.78, 5) is 13.3. The van der Waals surface area contributed by atoms with E-state index in [1.54, 1.807) is 0 Å². The van der Waals surface area contributed by atoms with Crippen molar-refractivity contribution in [2.24, 2.45) is 0 Å². The highest BCUT2D eigenvalue weighted by atomic mass is 16.5. The van der Waals surface area contributed by atoms with Crippen molar-refractivity contribution in [3.8, 4) is 5.75 Å². The van der Waals surface area contributed by atoms with Gasteiger partial charge >= 0.3 is 0 Å². The predicted octanol–water partition coefficient (Wildman–Crippen LogP) is 6.02. The summed E-state index contributed by atoms with van der Waals surface area (Å²) < 4.78 is 5.84. The number of benzene rings is 3. The highest BCUT2D eigenvalue weighted by molar-refractivity contribution is 5.99. The fourth-order valence-corrected chi connectivity index (χ4v) is 4.12. The zero-order chi connectivity index (χ0) is 20.1. The Kier molecular flexibility index (Phi) is 5.66. The van der Waals surface area contributed by atoms with Gasteiger partial charge in [0.15, 0.2) is 0 Å². The fraction of sp³-hybridized carbons (Fsp3) is 0.269. The molecule has 1 saturated carbocycles. The Hall–Kier alpha value is -3.07. The van der Waals surface area contributed by atoms with E-state index in [1.165, 1.54) is 5.56 Å². The van der Waals surface area contributed by atoms with Gasteiger partial charge in [-0.1, -0.05) is 73.0 Å². The second-order valence-electron chi connectivity index (χ2n) is 7.91. The monoisotopic (exact) mass is 385 g/mol. The molecule has 4 rings (SSSR count). The van der Waals surface area contributed by atoms with Gasteiger partial charge in [-0.3, -0.25) is 4.79 Å². The molecule has 0 aromatic heterocycles. The first-order valence-electron chi connectivity index (χ1n) is 10.3. The van der Waals surface area contributed by atoms with Crippen molar-refractivity contribution >= 4 is 11.6 Å². The number of ether oxygens (including phenoxy) is 1. The first-order valence-corrected chi connectivity index (χ1v) is 10.3. The molecule has 1 amide bonds. The molecule has 0 unspecified atom stereocenters. The molecule has 3 aromatic rings. The molecule has 0 heterocycles. The summed E-state index contributed by atoms with van der Waals surface area (Å²) in [5, 5.41) is 3.14. The van der Waals surface area contributed by atoms with Crippen LogP contribution >= 0.6 is 0 Å². The summed E-state index contributed by atoms with van der Waals surface area (Å²) >= 11 is 0. The van der Waals surface area contributed by atoms with Crippen LogP contribution in [0.15, 0.2) is 78.9 Å². The summed E-state index contributed by atoms with van der Waals surface area (Å²) in [6, 6.07) is 26.2. The van der Waals surface area contributed by atoms with E-state index in [1.807, 2.05) is 54.6 Å². The van der Waals surface area contributed by atoms with Crippen LogP contribution in [0.5, 0.6) is 5.75 Å². The van der Waals surface area contributed by atoms with Gasteiger partial charge in [0.1, 0.15) is 12.4 Å². The van der Waals surface area contributed by atoms with Crippen molar-refractivity contribution in [3.63, 3.8) is 0 Å². The van der Waals surface area contributed by atoms with Crippen molar-refractivity contribution < 1.29 is 9.53 Å². The molecule has 1 aliphatic carbocycles. The number of amides is 1. The average Bonchev–Trinajstić information content (AvgIpc) is 3.26. The lowest BCUT2D eigenvalue weighted by Gasteiger charge is -2.28. The van der Waals surface area contributed by atoms with E-state index < -0.39 is 5.41 Å². The van der Waals surface area contributed by atoms with Gasteiger partial charge in [-0.05, 0) is 55.2 Å². The van der Waals surface area contributed by atoms with E-state index in [0.717, 1.165) is 48.2 Å². The SMILES string of the molecule is Cc1ccc(C2(C(=O)Nc3ccc(OCc4ccccc4)cc3)CCCC2)cc1. The van der Waals surface area contributed by atoms with Crippen LogP contribution in [-0.2, 0) is 16.8 Å². The van der Waals surface area contributed by atoms with E-state index in [-0.39, 0.29) is 5.91 Å². The Labute approximate surface area is 172 Å². The maximum Gasteiger partial charge on any atom is 0.235 e. The number of nitrogens with one attached hydrogen (secondary N) is 1. The molecule has 0 saturated heterocycles. The maximum absolute atomic E-state index is 13.3. The quantitative estimate of drug-likeness (QED) is 0.563. The standard InChI is InChI=1S/C26H27NO2/c1-20-9-11-22(12-10-20)26(17-5-6-18-26)25(28)27-23-13-15-24(16-14-23)29-19-21-7-3-2-4-8-21/h2-4,7-16H,5-6,17-19H2,1H3,(H,27,28). The molecule has 29 heavy (non-hydrogen) atoms. The number of hydrogen-bond donors (Lipinski definition) is 1. The summed E-state index contributed by atoms with van der Waals surface area (Å²) in [5.41, 5.74) is 3.86. The lowest BCUT2D eigenvalue weighted by molar-refractivity contribution is -0.121. The third kappa shape index (κ3) is 4.34. The highest BCUT2D eigenvalue weighted by Crippen LogP contribution is 2.42. The second-order valence-corrected chi connectivity index (χ2v) is 7.91. The minimum absolute atomic E-state index is 0.0943. The Bertz CT molecular complexity index is 940. The fourth-order valence-electron chi connectivity index (χ4n) is 4.12. The van der Waals surface area contributed by atoms with Crippen LogP contribution in [0.3, 0.4) is 0 Å². The molecule has 0 spiro atoms. The highest BCUT2D eigenvalue weighted by Gasteiger charge is 2.42. The Morgan fingerprint density at radius 1 is 0.897 bits per heavy atom. The van der Waals surface area contributed by atoms with Crippen molar-refractivity contribution in [3.05, 3.63) is 95.6 Å². The lowest BCUT2D eigenvalue weighted by atomic mass is 9.77. The molecule has 148 valence electrons. The first-order chi connectivity index (χ1) is 14.2. The molecule has 1 fully saturated rings. The van der Waals surface area contributed by atoms with Crippen LogP contribution in [0.25, 0.3) is 0 Å². The van der Waals surface area contributed by atoms with Gasteiger partial charge in [0.05, 0.1) is 5.41 Å². The minimum Gasteiger partial charge on any atom is -0.489 e. The molecule has 0 radical (unpaired) electrons. The van der Waals surface area contributed by atoms with Gasteiger partial charge < -0.3 is 10.1 Å². The Balaban J connectivity index is 1.43. The average molecular weight is 386 g/mol. The number of hydrogen-bond acceptors (Lipinski definition) is 2. The molecule has 3 nitrogen and oxygen atoms in total. The molecule has 0 atom stereocenters. The van der Waals surface area contributed by atoms with Gasteiger partial charge in [0.2, 0.25) is 5.91 Å². The third-order valence-corrected chi connectivity index (χ3v) is 5.86. The summed E-state index contributed by atoms with van der Waals surface area (Å²) in [6.07, 6.45) is 3.99. The van der Waals surface area contributed by atoms with Crippen molar-refractivity contribution in [1.29, 1.82) is 0 Å². The summed E-state index contributed by atoms with van der Waals surface area (Å²) in [5.74, 6) is 0.887. The van der Waals surface area contributed by atoms with Crippen LogP contribution in [0.2, 0.25) is 0 Å². The van der Waals surface area contributed by atoms with Gasteiger partial charge in [-0.2, -0.15) is 0 Å². The van der Waals surface area contributed by atoms with Crippen molar-refractivity contribution in [2.75, 3.05) is 5.32 Å². The van der Waals surface area contributed by atoms with Crippen LogP contribution in [-0.4, -0.2) is 5.91 Å². The number of carbonyl (C=O) groups excluding carboxylic acids is 1. The number of aryl methyl sites for hydroxylation is 1. The lowest BCUT2D eigenvalue weighted by Crippen LogP contribution is -2.37. The van der Waals surface area contributed by atoms with E-state index in [0.29, 0.717) is 6.61 Å². The van der Waals surface area contributed by atoms with E-state index in [2.05, 4.69) is 36.5 Å². The van der Waals surface area contributed by atoms with Crippen molar-refractivity contribution in [2.45, 2.75) is 44.6 Å². The van der Waals surface area contributed by atoms with Gasteiger partial charge in [0, 0.05) is 5.69 Å². The number of rotatable bonds is 6. The molecular formula is C26H27NO2. The largest absolute Gasteiger partial charge is 0.489 e. The maximum atomic E-state index is 13.3. The molecule has 0 aliphatic heterocycles. The minimum atomic E-state index is -0.420. The van der Waals surface area contributed by atoms with Gasteiger partial charge in [-0.15, -0.1) is 0 Å². The summed E-state index contributed by atoms with van der Waals surface area (Å²) in [6.45, 7) is 2.61. The van der Waals surface area contributed by atoms with Gasteiger partial charge in [0.25, 0.3) is 0 Å². The number of anilines is 1. The summed E-state index contributed by atoms with van der Waals surface area (Å²) in [7, 11) is 0. The van der Waals surface area contributed by atoms with E-state index >= 15 is 0 Å². The first kappa shape index (κ1) is 19.3. The Morgan fingerprint density at radius 2 is 1.55 bits per heavy atom. The zero-order valence-corrected chi connectivity index (χ0v) is 16.9. The molecule has 1 N–H and O–H groups in total. The van der Waals surface area contributed by atoms with Crippen LogP contribution in [0.1, 0.15) is 42.4 Å². The molecule has 0 bridgehead atoms. The predicted molar refractivity (Wildman–Crippen MR) is 117 cm³/mol. The molecule has 3 heteroatoms. The smallest absolute Gasteiger partial charge is 0.235 e. The molecule has 3 aromatic carbocycles. The van der Waals surface area contributed by atoms with E-state index in [9.17, 15) is 4.79 Å². The Morgan fingerprint density at radius 3 is 2.21 bits per heavy atom. The molecule has 1 aliphatic rings. The topological polar surface area (TPSA) is 38.3 Å². The third-order valence-electron chi connectivity index (χ3n) is 5.86. The van der Waals surface area contributed by atoms with Gasteiger partial charge in [-0.25, -0.2) is 0 Å². The van der Waals surface area contributed by atoms with Crippen LogP contribution in [0, 0.1) is 6.92 Å². The zero-order valence-electron chi connectivity index (χ0n) is 16.9. The van der Waals surface area contributed by atoms with Crippen LogP contribution in [0.4, 0.5) is 5.69 Å². The molecular weight excluding hydrogens is 358 g/mol. The second kappa shape index (κ2) is 8.52. The van der Waals surface area contributed by atoms with Crippen LogP contribution < -0.4 is 10.1 Å². The van der Waals surface area contributed by atoms with Crippen molar-refractivity contribution in [1.82, 2.24) is 0 Å². The number of carbonyl (C=O) groups is 1. The normalized spacial score (nSPS) is 15.1.